The summed E-state index contributed by atoms with van der Waals surface area (Å²) in [4.78, 5) is 21.8. The van der Waals surface area contributed by atoms with Crippen molar-refractivity contribution in [1.82, 2.24) is 5.32 Å². The van der Waals surface area contributed by atoms with E-state index in [0.29, 0.717) is 6.42 Å². The van der Waals surface area contributed by atoms with Crippen LogP contribution in [-0.4, -0.2) is 29.9 Å². The van der Waals surface area contributed by atoms with Gasteiger partial charge in [0.1, 0.15) is 6.04 Å². The molecule has 0 aromatic carbocycles. The summed E-state index contributed by atoms with van der Waals surface area (Å²) < 4.78 is 0. The van der Waals surface area contributed by atoms with Crippen molar-refractivity contribution in [3.63, 3.8) is 0 Å². The van der Waals surface area contributed by atoms with Crippen molar-refractivity contribution in [3.05, 3.63) is 0 Å². The van der Waals surface area contributed by atoms with Crippen LogP contribution < -0.4 is 5.32 Å². The van der Waals surface area contributed by atoms with Gasteiger partial charge in [0.05, 0.1) is 6.61 Å². The molecule has 2 N–H and O–H groups in total. The summed E-state index contributed by atoms with van der Waals surface area (Å²) in [5.74, 6) is -0.172. The molecule has 129 valence electrons. The third-order valence-electron chi connectivity index (χ3n) is 3.92. The number of aliphatic hydroxyl groups excluding tert-OH is 1. The van der Waals surface area contributed by atoms with E-state index in [0.717, 1.165) is 12.8 Å². The van der Waals surface area contributed by atoms with Gasteiger partial charge in [0.15, 0.2) is 0 Å². The van der Waals surface area contributed by atoms with Crippen molar-refractivity contribution in [2.45, 2.75) is 96.4 Å². The van der Waals surface area contributed by atoms with E-state index in [2.05, 4.69) is 12.2 Å². The largest absolute Gasteiger partial charge is 0.394 e. The number of carbonyl (C=O) groups excluding carboxylic acids is 2. The van der Waals surface area contributed by atoms with Gasteiger partial charge in [-0.25, -0.2) is 0 Å². The van der Waals surface area contributed by atoms with Gasteiger partial charge in [0.2, 0.25) is 12.2 Å². The molecule has 0 aromatic heterocycles. The number of amides is 1. The second-order valence-electron chi connectivity index (χ2n) is 6.06. The van der Waals surface area contributed by atoms with E-state index in [1.165, 1.54) is 64.2 Å². The van der Waals surface area contributed by atoms with Crippen LogP contribution in [-0.2, 0) is 9.59 Å². The normalized spacial score (nSPS) is 12.1. The Bertz CT molecular complexity index is 269. The molecule has 0 heterocycles. The minimum absolute atomic E-state index is 0.172. The zero-order chi connectivity index (χ0) is 16.5. The zero-order valence-corrected chi connectivity index (χ0v) is 14.2. The molecular weight excluding hydrogens is 278 g/mol. The number of hydrogen-bond donors (Lipinski definition) is 2. The molecule has 22 heavy (non-hydrogen) atoms. The molecule has 1 unspecified atom stereocenters. The fourth-order valence-electron chi connectivity index (χ4n) is 2.51. The van der Waals surface area contributed by atoms with Crippen LogP contribution in [0.4, 0.5) is 0 Å². The molecule has 0 aliphatic carbocycles. The maximum absolute atomic E-state index is 11.5. The Labute approximate surface area is 136 Å². The number of rotatable bonds is 16. The Morgan fingerprint density at radius 2 is 1.36 bits per heavy atom. The Morgan fingerprint density at radius 1 is 0.909 bits per heavy atom. The quantitative estimate of drug-likeness (QED) is 0.427. The molecule has 1 atom stereocenters. The number of aliphatic hydroxyl groups is 1. The molecule has 0 bridgehead atoms. The van der Waals surface area contributed by atoms with Gasteiger partial charge in [-0.05, 0) is 6.42 Å². The summed E-state index contributed by atoms with van der Waals surface area (Å²) in [7, 11) is 0. The van der Waals surface area contributed by atoms with E-state index in [1.807, 2.05) is 0 Å². The predicted molar refractivity (Wildman–Crippen MR) is 90.4 cm³/mol. The van der Waals surface area contributed by atoms with Crippen LogP contribution in [0.1, 0.15) is 90.4 Å². The standard InChI is InChI=1S/C18H34NO3/c1-2-3-4-5-6-7-8-9-10-11-12-13-14-18(22)19-17(15-20)16-21/h17,20H,2-15H2,1H3,(H,19,22). The molecule has 0 saturated heterocycles. The van der Waals surface area contributed by atoms with Gasteiger partial charge >= 0.3 is 0 Å². The highest BCUT2D eigenvalue weighted by molar-refractivity contribution is 5.79. The van der Waals surface area contributed by atoms with Crippen molar-refractivity contribution in [3.8, 4) is 0 Å². The van der Waals surface area contributed by atoms with Gasteiger partial charge < -0.3 is 10.4 Å². The lowest BCUT2D eigenvalue weighted by atomic mass is 10.0. The minimum Gasteiger partial charge on any atom is -0.394 e. The maximum Gasteiger partial charge on any atom is 0.225 e. The van der Waals surface area contributed by atoms with Crippen molar-refractivity contribution in [2.75, 3.05) is 6.61 Å². The highest BCUT2D eigenvalue weighted by Gasteiger charge is 2.09. The highest BCUT2D eigenvalue weighted by atomic mass is 16.3. The van der Waals surface area contributed by atoms with Gasteiger partial charge in [-0.2, -0.15) is 0 Å². The lowest BCUT2D eigenvalue weighted by Crippen LogP contribution is -2.38. The maximum atomic E-state index is 11.5. The van der Waals surface area contributed by atoms with Crippen molar-refractivity contribution in [1.29, 1.82) is 0 Å². The van der Waals surface area contributed by atoms with Crippen LogP contribution in [0, 0.1) is 0 Å². The highest BCUT2D eigenvalue weighted by Crippen LogP contribution is 2.12. The summed E-state index contributed by atoms with van der Waals surface area (Å²) in [5.41, 5.74) is 0. The molecule has 0 aliphatic rings. The van der Waals surface area contributed by atoms with Crippen LogP contribution in [0.15, 0.2) is 0 Å². The lowest BCUT2D eigenvalue weighted by Gasteiger charge is -2.08. The lowest BCUT2D eigenvalue weighted by molar-refractivity contribution is -0.121. The third-order valence-corrected chi connectivity index (χ3v) is 3.92. The first kappa shape index (κ1) is 21.1. The Balaban J connectivity index is 3.23. The zero-order valence-electron chi connectivity index (χ0n) is 14.2. The van der Waals surface area contributed by atoms with Crippen LogP contribution >= 0.6 is 0 Å². The summed E-state index contributed by atoms with van der Waals surface area (Å²) in [6.07, 6.45) is 17.2. The fourth-order valence-corrected chi connectivity index (χ4v) is 2.51. The second-order valence-corrected chi connectivity index (χ2v) is 6.06. The third kappa shape index (κ3) is 14.1. The van der Waals surface area contributed by atoms with Gasteiger partial charge in [0, 0.05) is 6.42 Å². The van der Waals surface area contributed by atoms with Crippen LogP contribution in [0.2, 0.25) is 0 Å². The molecule has 4 heteroatoms. The van der Waals surface area contributed by atoms with E-state index in [1.54, 1.807) is 6.29 Å². The first-order valence-corrected chi connectivity index (χ1v) is 9.02. The monoisotopic (exact) mass is 312 g/mol. The Hall–Kier alpha value is -0.900. The van der Waals surface area contributed by atoms with Gasteiger partial charge in [-0.1, -0.05) is 77.6 Å². The van der Waals surface area contributed by atoms with Gasteiger partial charge in [0.25, 0.3) is 0 Å². The first-order valence-electron chi connectivity index (χ1n) is 9.02. The summed E-state index contributed by atoms with van der Waals surface area (Å²) in [6, 6.07) is -0.871. The summed E-state index contributed by atoms with van der Waals surface area (Å²) in [5, 5.41) is 11.2. The predicted octanol–water partition coefficient (Wildman–Crippen LogP) is 3.66. The van der Waals surface area contributed by atoms with Gasteiger partial charge in [-0.15, -0.1) is 0 Å². The molecule has 0 rings (SSSR count). The minimum atomic E-state index is -0.871. The Morgan fingerprint density at radius 3 is 1.77 bits per heavy atom. The average Bonchev–Trinajstić information content (AvgIpc) is 2.53. The summed E-state index contributed by atoms with van der Waals surface area (Å²) >= 11 is 0. The molecule has 0 fully saturated rings. The molecule has 0 spiro atoms. The van der Waals surface area contributed by atoms with Crippen LogP contribution in [0.3, 0.4) is 0 Å². The Kier molecular flexibility index (Phi) is 15.8. The molecular formula is C18H34NO3. The van der Waals surface area contributed by atoms with E-state index in [9.17, 15) is 9.59 Å². The second kappa shape index (κ2) is 16.5. The number of unbranched alkanes of at least 4 members (excludes halogenated alkanes) is 11. The van der Waals surface area contributed by atoms with Gasteiger partial charge in [-0.3, -0.25) is 9.59 Å². The van der Waals surface area contributed by atoms with Crippen molar-refractivity contribution >= 4 is 12.2 Å². The first-order chi connectivity index (χ1) is 10.7. The number of nitrogens with one attached hydrogen (secondary N) is 1. The van der Waals surface area contributed by atoms with E-state index >= 15 is 0 Å². The molecule has 1 radical (unpaired) electrons. The molecule has 0 saturated carbocycles. The molecule has 0 aliphatic heterocycles. The molecule has 1 amide bonds. The van der Waals surface area contributed by atoms with Crippen molar-refractivity contribution in [2.24, 2.45) is 0 Å². The van der Waals surface area contributed by atoms with Crippen molar-refractivity contribution < 1.29 is 14.7 Å². The average molecular weight is 312 g/mol. The summed E-state index contributed by atoms with van der Waals surface area (Å²) in [6.45, 7) is 1.86. The van der Waals surface area contributed by atoms with Crippen LogP contribution in [0.5, 0.6) is 0 Å². The number of hydrogen-bond acceptors (Lipinski definition) is 3. The van der Waals surface area contributed by atoms with E-state index in [4.69, 9.17) is 5.11 Å². The fraction of sp³-hybridized carbons (Fsp3) is 0.889. The topological polar surface area (TPSA) is 66.4 Å². The molecule has 0 aromatic rings. The SMILES string of the molecule is CCCCCCCCCCCCCCC(=O)NC([C]=O)CO. The van der Waals surface area contributed by atoms with Crippen LogP contribution in [0.25, 0.3) is 0 Å². The van der Waals surface area contributed by atoms with E-state index in [-0.39, 0.29) is 12.5 Å². The number of carbonyl (C=O) groups is 1. The molecule has 4 nitrogen and oxygen atoms in total. The van der Waals surface area contributed by atoms with E-state index < -0.39 is 6.04 Å². The smallest absolute Gasteiger partial charge is 0.225 e.